The van der Waals surface area contributed by atoms with Crippen LogP contribution in [0, 0.1) is 5.92 Å². The molecule has 0 bridgehead atoms. The summed E-state index contributed by atoms with van der Waals surface area (Å²) < 4.78 is 6.36. The summed E-state index contributed by atoms with van der Waals surface area (Å²) in [6.07, 6.45) is 5.47. The standard InChI is InChI=1S/C10H13BrN2O/c11-9-5-8(12)6-13-10(9)14-4-3-7-1-2-7/h5-7H,1-4,12H2. The van der Waals surface area contributed by atoms with Gasteiger partial charge in [-0.25, -0.2) is 4.98 Å². The molecular weight excluding hydrogens is 244 g/mol. The molecule has 0 amide bonds. The number of hydrogen-bond acceptors (Lipinski definition) is 3. The minimum atomic E-state index is 0.639. The molecule has 0 unspecified atom stereocenters. The fourth-order valence-electron chi connectivity index (χ4n) is 1.28. The molecule has 1 heterocycles. The summed E-state index contributed by atoms with van der Waals surface area (Å²) in [6.45, 7) is 0.750. The summed E-state index contributed by atoms with van der Waals surface area (Å²) >= 11 is 3.36. The normalized spacial score (nSPS) is 15.5. The first-order valence-electron chi connectivity index (χ1n) is 4.79. The van der Waals surface area contributed by atoms with Gasteiger partial charge in [-0.15, -0.1) is 0 Å². The molecule has 1 fully saturated rings. The second-order valence-corrected chi connectivity index (χ2v) is 4.49. The number of rotatable bonds is 4. The molecule has 0 spiro atoms. The Morgan fingerprint density at radius 2 is 2.36 bits per heavy atom. The lowest BCUT2D eigenvalue weighted by Crippen LogP contribution is -2.01. The highest BCUT2D eigenvalue weighted by Gasteiger charge is 2.20. The van der Waals surface area contributed by atoms with Gasteiger partial charge in [0.25, 0.3) is 0 Å². The van der Waals surface area contributed by atoms with Crippen molar-refractivity contribution in [3.8, 4) is 5.88 Å². The molecule has 3 nitrogen and oxygen atoms in total. The molecule has 1 aromatic heterocycles. The van der Waals surface area contributed by atoms with Crippen LogP contribution in [0.3, 0.4) is 0 Å². The Kier molecular flexibility index (Phi) is 2.91. The van der Waals surface area contributed by atoms with E-state index in [1.807, 2.05) is 0 Å². The number of halogens is 1. The minimum Gasteiger partial charge on any atom is -0.477 e. The molecule has 2 rings (SSSR count). The second kappa shape index (κ2) is 4.17. The van der Waals surface area contributed by atoms with Crippen molar-refractivity contribution >= 4 is 21.6 Å². The van der Waals surface area contributed by atoms with Gasteiger partial charge in [-0.3, -0.25) is 0 Å². The van der Waals surface area contributed by atoms with Crippen LogP contribution in [0.5, 0.6) is 5.88 Å². The Hall–Kier alpha value is -0.770. The molecule has 1 saturated carbocycles. The molecule has 4 heteroatoms. The Balaban J connectivity index is 1.87. The van der Waals surface area contributed by atoms with E-state index in [2.05, 4.69) is 20.9 Å². The van der Waals surface area contributed by atoms with Crippen LogP contribution >= 0.6 is 15.9 Å². The quantitative estimate of drug-likeness (QED) is 0.901. The molecule has 0 radical (unpaired) electrons. The molecule has 1 aromatic rings. The first-order chi connectivity index (χ1) is 6.75. The number of anilines is 1. The van der Waals surface area contributed by atoms with E-state index in [-0.39, 0.29) is 0 Å². The fourth-order valence-corrected chi connectivity index (χ4v) is 1.76. The lowest BCUT2D eigenvalue weighted by Gasteiger charge is -2.06. The Bertz CT molecular complexity index is 326. The van der Waals surface area contributed by atoms with Gasteiger partial charge in [0.05, 0.1) is 23.0 Å². The van der Waals surface area contributed by atoms with Crippen LogP contribution in [0.2, 0.25) is 0 Å². The Morgan fingerprint density at radius 1 is 1.57 bits per heavy atom. The van der Waals surface area contributed by atoms with Gasteiger partial charge in [0, 0.05) is 0 Å². The predicted molar refractivity (Wildman–Crippen MR) is 59.2 cm³/mol. The number of hydrogen-bond donors (Lipinski definition) is 1. The average Bonchev–Trinajstić information content (AvgIpc) is 2.92. The van der Waals surface area contributed by atoms with Crippen LogP contribution < -0.4 is 10.5 Å². The topological polar surface area (TPSA) is 48.1 Å². The van der Waals surface area contributed by atoms with Gasteiger partial charge in [-0.05, 0) is 34.3 Å². The first kappa shape index (κ1) is 9.77. The summed E-state index contributed by atoms with van der Waals surface area (Å²) in [6, 6.07) is 1.81. The lowest BCUT2D eigenvalue weighted by atomic mass is 10.3. The number of nitrogen functional groups attached to an aromatic ring is 1. The van der Waals surface area contributed by atoms with Crippen LogP contribution in [0.25, 0.3) is 0 Å². The van der Waals surface area contributed by atoms with E-state index >= 15 is 0 Å². The highest BCUT2D eigenvalue weighted by atomic mass is 79.9. The largest absolute Gasteiger partial charge is 0.477 e. The third-order valence-electron chi connectivity index (χ3n) is 2.29. The highest BCUT2D eigenvalue weighted by Crippen LogP contribution is 2.32. The van der Waals surface area contributed by atoms with Gasteiger partial charge < -0.3 is 10.5 Å². The van der Waals surface area contributed by atoms with Crippen LogP contribution in [0.15, 0.2) is 16.7 Å². The smallest absolute Gasteiger partial charge is 0.228 e. The van der Waals surface area contributed by atoms with E-state index in [1.54, 1.807) is 12.3 Å². The van der Waals surface area contributed by atoms with Crippen LogP contribution in [0.1, 0.15) is 19.3 Å². The van der Waals surface area contributed by atoms with Gasteiger partial charge in [0.15, 0.2) is 0 Å². The van der Waals surface area contributed by atoms with E-state index in [0.717, 1.165) is 23.4 Å². The zero-order valence-electron chi connectivity index (χ0n) is 7.87. The molecule has 0 atom stereocenters. The summed E-state index contributed by atoms with van der Waals surface area (Å²) in [5, 5.41) is 0. The molecule has 2 N–H and O–H groups in total. The van der Waals surface area contributed by atoms with E-state index in [9.17, 15) is 0 Å². The maximum atomic E-state index is 5.57. The van der Waals surface area contributed by atoms with Crippen LogP contribution in [-0.2, 0) is 0 Å². The summed E-state index contributed by atoms with van der Waals surface area (Å²) in [4.78, 5) is 4.10. The average molecular weight is 257 g/mol. The van der Waals surface area contributed by atoms with E-state index in [1.165, 1.54) is 12.8 Å². The van der Waals surface area contributed by atoms with Gasteiger partial charge in [-0.2, -0.15) is 0 Å². The summed E-state index contributed by atoms with van der Waals surface area (Å²) in [7, 11) is 0. The van der Waals surface area contributed by atoms with Crippen molar-refractivity contribution in [1.82, 2.24) is 4.98 Å². The molecule has 1 aliphatic rings. The second-order valence-electron chi connectivity index (χ2n) is 3.64. The van der Waals surface area contributed by atoms with Crippen LogP contribution in [0.4, 0.5) is 5.69 Å². The van der Waals surface area contributed by atoms with Crippen LogP contribution in [-0.4, -0.2) is 11.6 Å². The minimum absolute atomic E-state index is 0.639. The van der Waals surface area contributed by atoms with Crippen molar-refractivity contribution in [3.05, 3.63) is 16.7 Å². The van der Waals surface area contributed by atoms with Gasteiger partial charge in [0.1, 0.15) is 0 Å². The van der Waals surface area contributed by atoms with Gasteiger partial charge >= 0.3 is 0 Å². The molecule has 1 aliphatic carbocycles. The lowest BCUT2D eigenvalue weighted by molar-refractivity contribution is 0.289. The summed E-state index contributed by atoms with van der Waals surface area (Å²) in [5.41, 5.74) is 6.21. The summed E-state index contributed by atoms with van der Waals surface area (Å²) in [5.74, 6) is 1.53. The molecule has 0 aromatic carbocycles. The predicted octanol–water partition coefficient (Wildman–Crippen LogP) is 2.61. The highest BCUT2D eigenvalue weighted by molar-refractivity contribution is 9.10. The van der Waals surface area contributed by atoms with Crippen molar-refractivity contribution < 1.29 is 4.74 Å². The van der Waals surface area contributed by atoms with E-state index < -0.39 is 0 Å². The van der Waals surface area contributed by atoms with E-state index in [4.69, 9.17) is 10.5 Å². The molecule has 76 valence electrons. The monoisotopic (exact) mass is 256 g/mol. The SMILES string of the molecule is Nc1cnc(OCCC2CC2)c(Br)c1. The van der Waals surface area contributed by atoms with Crippen molar-refractivity contribution in [2.24, 2.45) is 5.92 Å². The van der Waals surface area contributed by atoms with Gasteiger partial charge in [-0.1, -0.05) is 12.8 Å². The number of pyridine rings is 1. The number of aromatic nitrogens is 1. The third kappa shape index (κ3) is 2.61. The Morgan fingerprint density at radius 3 is 3.00 bits per heavy atom. The molecule has 0 saturated heterocycles. The number of nitrogens with zero attached hydrogens (tertiary/aromatic N) is 1. The van der Waals surface area contributed by atoms with E-state index in [0.29, 0.717) is 11.6 Å². The molecular formula is C10H13BrN2O. The first-order valence-corrected chi connectivity index (χ1v) is 5.59. The molecule has 0 aliphatic heterocycles. The molecule has 14 heavy (non-hydrogen) atoms. The third-order valence-corrected chi connectivity index (χ3v) is 2.86. The van der Waals surface area contributed by atoms with Crippen molar-refractivity contribution in [2.75, 3.05) is 12.3 Å². The van der Waals surface area contributed by atoms with Crippen molar-refractivity contribution in [3.63, 3.8) is 0 Å². The van der Waals surface area contributed by atoms with Crippen molar-refractivity contribution in [2.45, 2.75) is 19.3 Å². The van der Waals surface area contributed by atoms with Gasteiger partial charge in [0.2, 0.25) is 5.88 Å². The van der Waals surface area contributed by atoms with Crippen molar-refractivity contribution in [1.29, 1.82) is 0 Å². The fraction of sp³-hybridized carbons (Fsp3) is 0.500. The zero-order chi connectivity index (χ0) is 9.97. The maximum Gasteiger partial charge on any atom is 0.228 e. The zero-order valence-corrected chi connectivity index (χ0v) is 9.46. The maximum absolute atomic E-state index is 5.57. The number of ether oxygens (including phenoxy) is 1. The Labute approximate surface area is 91.8 Å². The number of nitrogens with two attached hydrogens (primary N) is 1.